The maximum Gasteiger partial charge on any atom is 0.286 e. The number of aromatic nitrogens is 2. The van der Waals surface area contributed by atoms with Crippen molar-refractivity contribution in [1.82, 2.24) is 15.1 Å². The smallest absolute Gasteiger partial charge is 0.286 e. The van der Waals surface area contributed by atoms with Crippen LogP contribution in [0.3, 0.4) is 0 Å². The van der Waals surface area contributed by atoms with Crippen LogP contribution in [0.15, 0.2) is 24.3 Å². The number of hydrogen-bond acceptors (Lipinski definition) is 6. The number of carbonyl (C=O) groups excluding carboxylic acids is 2. The summed E-state index contributed by atoms with van der Waals surface area (Å²) in [6.07, 6.45) is 5.03. The van der Waals surface area contributed by atoms with Crippen molar-refractivity contribution < 1.29 is 14.3 Å². The predicted molar refractivity (Wildman–Crippen MR) is 107 cm³/mol. The molecule has 2 fully saturated rings. The van der Waals surface area contributed by atoms with Gasteiger partial charge >= 0.3 is 0 Å². The van der Waals surface area contributed by atoms with E-state index >= 15 is 0 Å². The van der Waals surface area contributed by atoms with Gasteiger partial charge in [-0.2, -0.15) is 0 Å². The highest BCUT2D eigenvalue weighted by atomic mass is 32.1. The van der Waals surface area contributed by atoms with Gasteiger partial charge < -0.3 is 15.0 Å². The lowest BCUT2D eigenvalue weighted by Crippen LogP contribution is -2.43. The van der Waals surface area contributed by atoms with E-state index in [0.717, 1.165) is 49.5 Å². The summed E-state index contributed by atoms with van der Waals surface area (Å²) in [4.78, 5) is 26.8. The molecule has 2 aliphatic rings. The van der Waals surface area contributed by atoms with Crippen LogP contribution in [0.25, 0.3) is 0 Å². The van der Waals surface area contributed by atoms with Gasteiger partial charge in [-0.3, -0.25) is 9.59 Å². The average Bonchev–Trinajstić information content (AvgIpc) is 3.18. The Morgan fingerprint density at radius 1 is 1.11 bits per heavy atom. The number of nitrogens with zero attached hydrogens (tertiary/aromatic N) is 3. The van der Waals surface area contributed by atoms with Crippen molar-refractivity contribution in [3.05, 3.63) is 34.3 Å². The van der Waals surface area contributed by atoms with Crippen LogP contribution in [0.1, 0.15) is 52.8 Å². The standard InChI is InChI=1S/C20H24N4O3S/c1-27-16-7-5-15(6-8-16)21-17(25)19-23-22-18(28-19)13-9-11-24(12-10-13)20(26)14-3-2-4-14/h5-8,13-14H,2-4,9-12H2,1H3,(H,21,25). The normalized spacial score (nSPS) is 17.8. The zero-order valence-electron chi connectivity index (χ0n) is 15.9. The zero-order valence-corrected chi connectivity index (χ0v) is 16.7. The highest BCUT2D eigenvalue weighted by Gasteiger charge is 2.32. The number of likely N-dealkylation sites (tertiary alicyclic amines) is 1. The molecule has 0 atom stereocenters. The largest absolute Gasteiger partial charge is 0.497 e. The SMILES string of the molecule is COc1ccc(NC(=O)c2nnc(C3CCN(C(=O)C4CCC4)CC3)s2)cc1. The summed E-state index contributed by atoms with van der Waals surface area (Å²) in [6.45, 7) is 1.54. The zero-order chi connectivity index (χ0) is 19.5. The van der Waals surface area contributed by atoms with Crippen LogP contribution >= 0.6 is 11.3 Å². The van der Waals surface area contributed by atoms with Crippen LogP contribution in [0, 0.1) is 5.92 Å². The van der Waals surface area contributed by atoms with E-state index in [4.69, 9.17) is 4.74 Å². The summed E-state index contributed by atoms with van der Waals surface area (Å²) < 4.78 is 5.12. The second kappa shape index (κ2) is 8.26. The second-order valence-corrected chi connectivity index (χ2v) is 8.36. The van der Waals surface area contributed by atoms with Crippen molar-refractivity contribution >= 4 is 28.8 Å². The highest BCUT2D eigenvalue weighted by molar-refractivity contribution is 7.13. The third-order valence-corrected chi connectivity index (χ3v) is 6.68. The molecule has 7 nitrogen and oxygen atoms in total. The van der Waals surface area contributed by atoms with Gasteiger partial charge in [-0.1, -0.05) is 17.8 Å². The molecule has 2 heterocycles. The predicted octanol–water partition coefficient (Wildman–Crippen LogP) is 3.31. The molecule has 1 aliphatic heterocycles. The van der Waals surface area contributed by atoms with E-state index in [1.54, 1.807) is 31.4 Å². The minimum atomic E-state index is -0.258. The van der Waals surface area contributed by atoms with Crippen molar-refractivity contribution in [1.29, 1.82) is 0 Å². The number of anilines is 1. The molecule has 1 aromatic heterocycles. The number of piperidine rings is 1. The van der Waals surface area contributed by atoms with E-state index in [9.17, 15) is 9.59 Å². The van der Waals surface area contributed by atoms with Gasteiger partial charge in [-0.25, -0.2) is 0 Å². The second-order valence-electron chi connectivity index (χ2n) is 7.36. The Bertz CT molecular complexity index is 839. The maximum absolute atomic E-state index is 12.4. The average molecular weight is 401 g/mol. The summed E-state index contributed by atoms with van der Waals surface area (Å²) in [7, 11) is 1.60. The fourth-order valence-electron chi connectivity index (χ4n) is 3.61. The Morgan fingerprint density at radius 2 is 1.82 bits per heavy atom. The van der Waals surface area contributed by atoms with E-state index in [-0.39, 0.29) is 17.7 Å². The maximum atomic E-state index is 12.4. The van der Waals surface area contributed by atoms with Crippen LogP contribution in [-0.2, 0) is 4.79 Å². The molecule has 148 valence electrons. The molecular weight excluding hydrogens is 376 g/mol. The summed E-state index contributed by atoms with van der Waals surface area (Å²) in [6, 6.07) is 7.15. The molecule has 0 unspecified atom stereocenters. The van der Waals surface area contributed by atoms with Gasteiger partial charge in [-0.05, 0) is 49.9 Å². The quantitative estimate of drug-likeness (QED) is 0.832. The Hall–Kier alpha value is -2.48. The minimum Gasteiger partial charge on any atom is -0.497 e. The topological polar surface area (TPSA) is 84.4 Å². The molecule has 8 heteroatoms. The van der Waals surface area contributed by atoms with E-state index < -0.39 is 0 Å². The number of amides is 2. The van der Waals surface area contributed by atoms with Crippen molar-refractivity contribution in [2.24, 2.45) is 5.92 Å². The molecule has 4 rings (SSSR count). The van der Waals surface area contributed by atoms with Crippen LogP contribution in [0.5, 0.6) is 5.75 Å². The van der Waals surface area contributed by atoms with Gasteiger partial charge in [0.15, 0.2) is 0 Å². The third-order valence-electron chi connectivity index (χ3n) is 5.59. The lowest BCUT2D eigenvalue weighted by Gasteiger charge is -2.36. The van der Waals surface area contributed by atoms with Gasteiger partial charge in [0.05, 0.1) is 7.11 Å². The van der Waals surface area contributed by atoms with E-state index in [2.05, 4.69) is 15.5 Å². The van der Waals surface area contributed by atoms with Gasteiger partial charge in [0.25, 0.3) is 5.91 Å². The molecule has 0 radical (unpaired) electrons. The number of benzene rings is 1. The molecule has 28 heavy (non-hydrogen) atoms. The van der Waals surface area contributed by atoms with E-state index in [1.807, 2.05) is 4.90 Å². The van der Waals surface area contributed by atoms with Gasteiger partial charge in [0, 0.05) is 30.6 Å². The molecule has 1 N–H and O–H groups in total. The van der Waals surface area contributed by atoms with Crippen molar-refractivity contribution in [3.63, 3.8) is 0 Å². The van der Waals surface area contributed by atoms with Crippen molar-refractivity contribution in [2.45, 2.75) is 38.0 Å². The summed E-state index contributed by atoms with van der Waals surface area (Å²) in [5.74, 6) is 1.32. The molecule has 1 saturated heterocycles. The van der Waals surface area contributed by atoms with Gasteiger partial charge in [-0.15, -0.1) is 10.2 Å². The monoisotopic (exact) mass is 400 g/mol. The number of nitrogens with one attached hydrogen (secondary N) is 1. The number of ether oxygens (including phenoxy) is 1. The lowest BCUT2D eigenvalue weighted by molar-refractivity contribution is -0.139. The first-order valence-electron chi connectivity index (χ1n) is 9.71. The Morgan fingerprint density at radius 3 is 2.43 bits per heavy atom. The first-order valence-corrected chi connectivity index (χ1v) is 10.5. The number of methoxy groups -OCH3 is 1. The molecule has 1 aromatic carbocycles. The Labute approximate surface area is 168 Å². The fourth-order valence-corrected chi connectivity index (χ4v) is 4.52. The fraction of sp³-hybridized carbons (Fsp3) is 0.500. The van der Waals surface area contributed by atoms with Gasteiger partial charge in [0.1, 0.15) is 10.8 Å². The van der Waals surface area contributed by atoms with Crippen molar-refractivity contribution in [3.8, 4) is 5.75 Å². The molecule has 1 aliphatic carbocycles. The van der Waals surface area contributed by atoms with Crippen LogP contribution in [-0.4, -0.2) is 47.1 Å². The lowest BCUT2D eigenvalue weighted by atomic mass is 9.83. The third kappa shape index (κ3) is 4.01. The molecule has 0 bridgehead atoms. The molecule has 0 spiro atoms. The summed E-state index contributed by atoms with van der Waals surface area (Å²) in [5.41, 5.74) is 0.686. The molecular formula is C20H24N4O3S. The number of carbonyl (C=O) groups is 2. The number of hydrogen-bond donors (Lipinski definition) is 1. The Balaban J connectivity index is 1.32. The molecule has 2 amide bonds. The number of rotatable bonds is 5. The molecule has 1 saturated carbocycles. The van der Waals surface area contributed by atoms with Crippen LogP contribution in [0.2, 0.25) is 0 Å². The van der Waals surface area contributed by atoms with Crippen LogP contribution < -0.4 is 10.1 Å². The van der Waals surface area contributed by atoms with Crippen molar-refractivity contribution in [2.75, 3.05) is 25.5 Å². The Kier molecular flexibility index (Phi) is 5.57. The van der Waals surface area contributed by atoms with Crippen LogP contribution in [0.4, 0.5) is 5.69 Å². The highest BCUT2D eigenvalue weighted by Crippen LogP contribution is 2.33. The van der Waals surface area contributed by atoms with E-state index in [0.29, 0.717) is 16.6 Å². The first kappa shape index (κ1) is 18.9. The van der Waals surface area contributed by atoms with E-state index in [1.165, 1.54) is 17.8 Å². The summed E-state index contributed by atoms with van der Waals surface area (Å²) >= 11 is 1.34. The summed E-state index contributed by atoms with van der Waals surface area (Å²) in [5, 5.41) is 12.4. The first-order chi connectivity index (χ1) is 13.6. The molecule has 2 aromatic rings. The minimum absolute atomic E-state index is 0.256. The van der Waals surface area contributed by atoms with Gasteiger partial charge in [0.2, 0.25) is 10.9 Å².